The minimum Gasteiger partial charge on any atom is -0.480 e. The normalized spacial score (nSPS) is 13.2. The van der Waals surface area contributed by atoms with E-state index in [4.69, 9.17) is 9.84 Å². The molecule has 1 aliphatic rings. The molecule has 34 heavy (non-hydrogen) atoms. The molecule has 2 N–H and O–H groups in total. The van der Waals surface area contributed by atoms with Crippen LogP contribution in [0, 0.1) is 11.8 Å². The molecule has 0 aliphatic heterocycles. The van der Waals surface area contributed by atoms with Crippen LogP contribution in [0.15, 0.2) is 48.5 Å². The molecule has 3 rings (SSSR count). The topological polar surface area (TPSA) is 95.9 Å². The molecule has 0 saturated carbocycles. The van der Waals surface area contributed by atoms with Crippen LogP contribution in [0.25, 0.3) is 11.1 Å². The number of carbonyl (C=O) groups is 3. The van der Waals surface area contributed by atoms with Gasteiger partial charge in [0.05, 0.1) is 0 Å². The Labute approximate surface area is 201 Å². The zero-order valence-electron chi connectivity index (χ0n) is 20.1. The Kier molecular flexibility index (Phi) is 8.68. The highest BCUT2D eigenvalue weighted by Gasteiger charge is 2.29. The molecule has 1 atom stereocenters. The maximum Gasteiger partial charge on any atom is 0.407 e. The van der Waals surface area contributed by atoms with Crippen molar-refractivity contribution in [3.63, 3.8) is 0 Å². The first-order valence-corrected chi connectivity index (χ1v) is 11.8. The van der Waals surface area contributed by atoms with Crippen molar-refractivity contribution >= 4 is 18.0 Å². The van der Waals surface area contributed by atoms with Gasteiger partial charge in [-0.2, -0.15) is 0 Å². The van der Waals surface area contributed by atoms with E-state index in [1.807, 2.05) is 24.3 Å². The van der Waals surface area contributed by atoms with E-state index in [2.05, 4.69) is 43.4 Å². The number of benzene rings is 2. The van der Waals surface area contributed by atoms with Gasteiger partial charge < -0.3 is 20.1 Å². The summed E-state index contributed by atoms with van der Waals surface area (Å²) in [5.41, 5.74) is 4.73. The summed E-state index contributed by atoms with van der Waals surface area (Å²) in [5.74, 6) is -0.616. The molecule has 7 heteroatoms. The highest BCUT2D eigenvalue weighted by molar-refractivity contribution is 5.81. The van der Waals surface area contributed by atoms with Crippen LogP contribution in [0.3, 0.4) is 0 Å². The van der Waals surface area contributed by atoms with E-state index in [0.717, 1.165) is 6.42 Å². The average Bonchev–Trinajstić information content (AvgIpc) is 3.12. The number of hydrogen-bond acceptors (Lipinski definition) is 4. The van der Waals surface area contributed by atoms with Gasteiger partial charge >= 0.3 is 12.1 Å². The molecule has 0 saturated heterocycles. The van der Waals surface area contributed by atoms with Crippen molar-refractivity contribution < 1.29 is 24.2 Å². The number of alkyl carbamates (subject to hydrolysis) is 1. The minimum atomic E-state index is -1.02. The van der Waals surface area contributed by atoms with Crippen LogP contribution in [-0.4, -0.2) is 54.7 Å². The third kappa shape index (κ3) is 6.37. The SMILES string of the molecule is CC(C)C(CCNC(=O)OCC1c2ccccc2-c2ccccc21)CCC(=O)N(C)CC(=O)O. The summed E-state index contributed by atoms with van der Waals surface area (Å²) in [6.07, 6.45) is 1.21. The van der Waals surface area contributed by atoms with E-state index in [0.29, 0.717) is 18.9 Å². The van der Waals surface area contributed by atoms with Gasteiger partial charge in [0, 0.05) is 25.9 Å². The lowest BCUT2D eigenvalue weighted by Gasteiger charge is -2.22. The summed E-state index contributed by atoms with van der Waals surface area (Å²) in [6, 6.07) is 16.4. The molecular formula is C27H34N2O5. The van der Waals surface area contributed by atoms with Gasteiger partial charge in [-0.05, 0) is 46.9 Å². The van der Waals surface area contributed by atoms with Crippen molar-refractivity contribution in [2.24, 2.45) is 11.8 Å². The number of carboxylic acids is 1. The van der Waals surface area contributed by atoms with E-state index in [-0.39, 0.29) is 37.3 Å². The Morgan fingerprint density at radius 2 is 1.59 bits per heavy atom. The van der Waals surface area contributed by atoms with Gasteiger partial charge in [-0.25, -0.2) is 4.79 Å². The molecule has 0 spiro atoms. The zero-order chi connectivity index (χ0) is 24.7. The van der Waals surface area contributed by atoms with Gasteiger partial charge in [-0.15, -0.1) is 0 Å². The first-order valence-electron chi connectivity index (χ1n) is 11.8. The van der Waals surface area contributed by atoms with Crippen molar-refractivity contribution in [2.75, 3.05) is 26.7 Å². The van der Waals surface area contributed by atoms with Gasteiger partial charge in [0.1, 0.15) is 13.2 Å². The molecule has 1 aliphatic carbocycles. The van der Waals surface area contributed by atoms with Gasteiger partial charge in [0.2, 0.25) is 5.91 Å². The van der Waals surface area contributed by atoms with Gasteiger partial charge in [-0.3, -0.25) is 9.59 Å². The second kappa shape index (κ2) is 11.7. The minimum absolute atomic E-state index is 0.0235. The summed E-state index contributed by atoms with van der Waals surface area (Å²) < 4.78 is 5.58. The smallest absolute Gasteiger partial charge is 0.407 e. The zero-order valence-corrected chi connectivity index (χ0v) is 20.1. The van der Waals surface area contributed by atoms with Crippen molar-refractivity contribution in [2.45, 2.75) is 39.0 Å². The van der Waals surface area contributed by atoms with Crippen molar-refractivity contribution in [1.82, 2.24) is 10.2 Å². The summed E-state index contributed by atoms with van der Waals surface area (Å²) in [6.45, 7) is 4.61. The largest absolute Gasteiger partial charge is 0.480 e. The molecule has 182 valence electrons. The number of ether oxygens (including phenoxy) is 1. The monoisotopic (exact) mass is 466 g/mol. The number of likely N-dealkylation sites (N-methyl/N-ethyl adjacent to an activating group) is 1. The summed E-state index contributed by atoms with van der Waals surface area (Å²) >= 11 is 0. The molecule has 2 aromatic rings. The number of fused-ring (bicyclic) bond motifs is 3. The molecule has 0 aromatic heterocycles. The highest BCUT2D eigenvalue weighted by atomic mass is 16.5. The molecule has 2 aromatic carbocycles. The molecule has 0 fully saturated rings. The lowest BCUT2D eigenvalue weighted by Crippen LogP contribution is -2.32. The number of nitrogens with one attached hydrogen (secondary N) is 1. The molecule has 0 bridgehead atoms. The number of nitrogens with zero attached hydrogens (tertiary/aromatic N) is 1. The second-order valence-electron chi connectivity index (χ2n) is 9.23. The first-order chi connectivity index (χ1) is 16.3. The fourth-order valence-electron chi connectivity index (χ4n) is 4.61. The van der Waals surface area contributed by atoms with Crippen LogP contribution in [0.4, 0.5) is 4.79 Å². The predicted octanol–water partition coefficient (Wildman–Crippen LogP) is 4.51. The fourth-order valence-corrected chi connectivity index (χ4v) is 4.61. The molecular weight excluding hydrogens is 432 g/mol. The van der Waals surface area contributed by atoms with Crippen LogP contribution in [-0.2, 0) is 14.3 Å². The summed E-state index contributed by atoms with van der Waals surface area (Å²) in [4.78, 5) is 36.5. The quantitative estimate of drug-likeness (QED) is 0.508. The highest BCUT2D eigenvalue weighted by Crippen LogP contribution is 2.44. The van der Waals surface area contributed by atoms with Crippen LogP contribution in [0.1, 0.15) is 50.2 Å². The van der Waals surface area contributed by atoms with Crippen molar-refractivity contribution in [1.29, 1.82) is 0 Å². The van der Waals surface area contributed by atoms with Gasteiger partial charge in [0.15, 0.2) is 0 Å². The number of hydrogen-bond donors (Lipinski definition) is 2. The first kappa shape index (κ1) is 25.3. The van der Waals surface area contributed by atoms with Crippen LogP contribution in [0.5, 0.6) is 0 Å². The Hall–Kier alpha value is -3.35. The van der Waals surface area contributed by atoms with E-state index in [1.54, 1.807) is 0 Å². The number of amides is 2. The number of aliphatic carboxylic acids is 1. The predicted molar refractivity (Wildman–Crippen MR) is 131 cm³/mol. The molecule has 0 radical (unpaired) electrons. The van der Waals surface area contributed by atoms with E-state index in [1.165, 1.54) is 34.2 Å². The van der Waals surface area contributed by atoms with Gasteiger partial charge in [-0.1, -0.05) is 62.4 Å². The molecule has 7 nitrogen and oxygen atoms in total. The van der Waals surface area contributed by atoms with Crippen molar-refractivity contribution in [3.8, 4) is 11.1 Å². The fraction of sp³-hybridized carbons (Fsp3) is 0.444. The number of rotatable bonds is 11. The maximum atomic E-state index is 12.4. The standard InChI is InChI=1S/C27H34N2O5/c1-18(2)19(12-13-25(30)29(3)16-26(31)32)14-15-28-27(33)34-17-24-22-10-6-4-8-20(22)21-9-5-7-11-23(21)24/h4-11,18-19,24H,12-17H2,1-3H3,(H,28,33)(H,31,32). The average molecular weight is 467 g/mol. The Morgan fingerprint density at radius 3 is 2.15 bits per heavy atom. The Morgan fingerprint density at radius 1 is 1.00 bits per heavy atom. The summed E-state index contributed by atoms with van der Waals surface area (Å²) in [7, 11) is 1.50. The van der Waals surface area contributed by atoms with Crippen LogP contribution < -0.4 is 5.32 Å². The van der Waals surface area contributed by atoms with Gasteiger partial charge in [0.25, 0.3) is 0 Å². The lowest BCUT2D eigenvalue weighted by molar-refractivity contribution is -0.143. The lowest BCUT2D eigenvalue weighted by atomic mass is 9.88. The number of carboxylic acid groups (broad SMARTS) is 1. The maximum absolute atomic E-state index is 12.4. The Balaban J connectivity index is 1.46. The van der Waals surface area contributed by atoms with E-state index in [9.17, 15) is 14.4 Å². The third-order valence-electron chi connectivity index (χ3n) is 6.60. The third-order valence-corrected chi connectivity index (χ3v) is 6.60. The van der Waals surface area contributed by atoms with E-state index >= 15 is 0 Å². The summed E-state index contributed by atoms with van der Waals surface area (Å²) in [5, 5.41) is 11.7. The molecule has 2 amide bonds. The second-order valence-corrected chi connectivity index (χ2v) is 9.23. The number of carbonyl (C=O) groups excluding carboxylic acids is 2. The molecule has 1 unspecified atom stereocenters. The molecule has 0 heterocycles. The van der Waals surface area contributed by atoms with Crippen LogP contribution in [0.2, 0.25) is 0 Å². The van der Waals surface area contributed by atoms with E-state index < -0.39 is 12.1 Å². The van der Waals surface area contributed by atoms with Crippen LogP contribution >= 0.6 is 0 Å². The van der Waals surface area contributed by atoms with Crippen molar-refractivity contribution in [3.05, 3.63) is 59.7 Å². The Bertz CT molecular complexity index is 974.